The first-order valence-electron chi connectivity index (χ1n) is 10.2. The first kappa shape index (κ1) is 19.3. The fraction of sp³-hybridized carbons (Fsp3) is 0.292. The van der Waals surface area contributed by atoms with Crippen LogP contribution in [0.3, 0.4) is 0 Å². The topological polar surface area (TPSA) is 46.0 Å². The van der Waals surface area contributed by atoms with Gasteiger partial charge in [-0.15, -0.1) is 0 Å². The number of hydrogen-bond donors (Lipinski definition) is 2. The second-order valence-corrected chi connectivity index (χ2v) is 7.62. The fourth-order valence-corrected chi connectivity index (χ4v) is 4.00. The number of nitrogens with zero attached hydrogens (tertiary/aromatic N) is 1. The molecule has 1 amide bonds. The Bertz CT molecular complexity index is 996. The lowest BCUT2D eigenvalue weighted by atomic mass is 10.1. The molecule has 5 nitrogen and oxygen atoms in total. The molecule has 1 saturated heterocycles. The van der Waals surface area contributed by atoms with Crippen LogP contribution in [0.15, 0.2) is 66.7 Å². The molecule has 0 radical (unpaired) electrons. The minimum Gasteiger partial charge on any atom is -0.497 e. The van der Waals surface area contributed by atoms with Gasteiger partial charge in [-0.25, -0.2) is 0 Å². The molecule has 1 atom stereocenters. The zero-order valence-corrected chi connectivity index (χ0v) is 17.0. The number of piperazine rings is 1. The van der Waals surface area contributed by atoms with Crippen LogP contribution in [0.1, 0.15) is 6.92 Å². The maximum Gasteiger partial charge on any atom is 0.282 e. The van der Waals surface area contributed by atoms with Gasteiger partial charge in [-0.2, -0.15) is 0 Å². The van der Waals surface area contributed by atoms with Gasteiger partial charge in [-0.1, -0.05) is 36.4 Å². The Morgan fingerprint density at radius 3 is 2.52 bits per heavy atom. The lowest BCUT2D eigenvalue weighted by molar-refractivity contribution is -0.914. The van der Waals surface area contributed by atoms with Gasteiger partial charge < -0.3 is 19.9 Å². The van der Waals surface area contributed by atoms with Crippen LogP contribution in [-0.4, -0.2) is 45.2 Å². The van der Waals surface area contributed by atoms with E-state index < -0.39 is 0 Å². The van der Waals surface area contributed by atoms with E-state index in [0.29, 0.717) is 0 Å². The number of anilines is 2. The average molecular weight is 391 g/mol. The van der Waals surface area contributed by atoms with Crippen molar-refractivity contribution in [2.24, 2.45) is 0 Å². The largest absolute Gasteiger partial charge is 0.497 e. The van der Waals surface area contributed by atoms with E-state index in [1.165, 1.54) is 16.0 Å². The summed E-state index contributed by atoms with van der Waals surface area (Å²) >= 11 is 0. The van der Waals surface area contributed by atoms with E-state index in [1.54, 1.807) is 7.11 Å². The SMILES string of the molecule is COc1cccc(N2CC[NH+]([C@H](C)C(=O)Nc3ccc4ccccc4c3)CC2)c1. The van der Waals surface area contributed by atoms with Crippen LogP contribution in [0.4, 0.5) is 11.4 Å². The molecule has 0 spiro atoms. The Morgan fingerprint density at radius 2 is 1.76 bits per heavy atom. The number of amides is 1. The predicted molar refractivity (Wildman–Crippen MR) is 118 cm³/mol. The van der Waals surface area contributed by atoms with Gasteiger partial charge in [0.05, 0.1) is 33.3 Å². The molecule has 5 heteroatoms. The molecule has 0 aliphatic carbocycles. The predicted octanol–water partition coefficient (Wildman–Crippen LogP) is 2.58. The van der Waals surface area contributed by atoms with Gasteiger partial charge in [-0.05, 0) is 42.0 Å². The highest BCUT2D eigenvalue weighted by Gasteiger charge is 2.29. The molecule has 0 saturated carbocycles. The van der Waals surface area contributed by atoms with Gasteiger partial charge in [0.1, 0.15) is 5.75 Å². The number of methoxy groups -OCH3 is 1. The lowest BCUT2D eigenvalue weighted by Crippen LogP contribution is -3.19. The summed E-state index contributed by atoms with van der Waals surface area (Å²) in [5.74, 6) is 0.950. The molecule has 2 N–H and O–H groups in total. The smallest absolute Gasteiger partial charge is 0.282 e. The summed E-state index contributed by atoms with van der Waals surface area (Å²) in [7, 11) is 1.69. The van der Waals surface area contributed by atoms with Gasteiger partial charge in [-0.3, -0.25) is 4.79 Å². The van der Waals surface area contributed by atoms with Crippen molar-refractivity contribution in [1.82, 2.24) is 0 Å². The van der Waals surface area contributed by atoms with E-state index in [9.17, 15) is 4.79 Å². The highest BCUT2D eigenvalue weighted by molar-refractivity contribution is 5.96. The molecule has 4 rings (SSSR count). The Balaban J connectivity index is 1.35. The molecule has 1 heterocycles. The summed E-state index contributed by atoms with van der Waals surface area (Å²) < 4.78 is 5.34. The lowest BCUT2D eigenvalue weighted by Gasteiger charge is -2.36. The number of benzene rings is 3. The van der Waals surface area contributed by atoms with Crippen molar-refractivity contribution in [1.29, 1.82) is 0 Å². The van der Waals surface area contributed by atoms with E-state index in [4.69, 9.17) is 4.74 Å². The van der Waals surface area contributed by atoms with E-state index in [2.05, 4.69) is 40.5 Å². The van der Waals surface area contributed by atoms with Crippen LogP contribution in [0, 0.1) is 0 Å². The maximum atomic E-state index is 12.8. The summed E-state index contributed by atoms with van der Waals surface area (Å²) in [6.45, 7) is 5.74. The van der Waals surface area contributed by atoms with E-state index in [1.807, 2.05) is 43.3 Å². The Kier molecular flexibility index (Phi) is 5.67. The van der Waals surface area contributed by atoms with Crippen molar-refractivity contribution in [3.05, 3.63) is 66.7 Å². The Morgan fingerprint density at radius 1 is 1.00 bits per heavy atom. The fourth-order valence-electron chi connectivity index (χ4n) is 4.00. The maximum absolute atomic E-state index is 12.8. The third-order valence-corrected chi connectivity index (χ3v) is 5.85. The third kappa shape index (κ3) is 4.35. The van der Waals surface area contributed by atoms with Crippen LogP contribution in [-0.2, 0) is 4.79 Å². The number of nitrogens with one attached hydrogen (secondary N) is 2. The molecule has 0 aromatic heterocycles. The van der Waals surface area contributed by atoms with E-state index in [0.717, 1.165) is 43.0 Å². The molecule has 0 unspecified atom stereocenters. The first-order valence-corrected chi connectivity index (χ1v) is 10.2. The van der Waals surface area contributed by atoms with Crippen LogP contribution in [0.25, 0.3) is 10.8 Å². The van der Waals surface area contributed by atoms with Crippen molar-refractivity contribution < 1.29 is 14.4 Å². The second kappa shape index (κ2) is 8.53. The third-order valence-electron chi connectivity index (χ3n) is 5.85. The number of fused-ring (bicyclic) bond motifs is 1. The quantitative estimate of drug-likeness (QED) is 0.704. The molecule has 29 heavy (non-hydrogen) atoms. The molecule has 150 valence electrons. The van der Waals surface area contributed by atoms with Gasteiger partial charge in [0, 0.05) is 17.4 Å². The van der Waals surface area contributed by atoms with Gasteiger partial charge in [0.25, 0.3) is 5.91 Å². The van der Waals surface area contributed by atoms with Gasteiger partial charge in [0.2, 0.25) is 0 Å². The number of quaternary nitrogens is 1. The summed E-state index contributed by atoms with van der Waals surface area (Å²) in [6, 6.07) is 22.3. The van der Waals surface area contributed by atoms with Crippen LogP contribution < -0.4 is 19.9 Å². The number of carbonyl (C=O) groups is 1. The molecule has 1 aliphatic rings. The molecule has 1 aliphatic heterocycles. The number of carbonyl (C=O) groups excluding carboxylic acids is 1. The summed E-state index contributed by atoms with van der Waals surface area (Å²) in [5, 5.41) is 5.41. The molecule has 0 bridgehead atoms. The molecular weight excluding hydrogens is 362 g/mol. The zero-order valence-electron chi connectivity index (χ0n) is 17.0. The highest BCUT2D eigenvalue weighted by Crippen LogP contribution is 2.21. The zero-order chi connectivity index (χ0) is 20.2. The van der Waals surface area contributed by atoms with Crippen molar-refractivity contribution in [3.8, 4) is 5.75 Å². The number of hydrogen-bond acceptors (Lipinski definition) is 3. The number of rotatable bonds is 5. The first-order chi connectivity index (χ1) is 14.1. The number of ether oxygens (including phenoxy) is 1. The molecule has 3 aromatic rings. The average Bonchev–Trinajstić information content (AvgIpc) is 2.78. The van der Waals surface area contributed by atoms with Crippen molar-refractivity contribution in [2.45, 2.75) is 13.0 Å². The van der Waals surface area contributed by atoms with Gasteiger partial charge in [0.15, 0.2) is 6.04 Å². The second-order valence-electron chi connectivity index (χ2n) is 7.62. The van der Waals surface area contributed by atoms with E-state index >= 15 is 0 Å². The van der Waals surface area contributed by atoms with Crippen LogP contribution >= 0.6 is 0 Å². The van der Waals surface area contributed by atoms with E-state index in [-0.39, 0.29) is 11.9 Å². The standard InChI is InChI=1S/C24H27N3O2/c1-18(24(28)25-21-11-10-19-6-3-4-7-20(19)16-21)26-12-14-27(15-13-26)22-8-5-9-23(17-22)29-2/h3-11,16-18H,12-15H2,1-2H3,(H,25,28)/p+1/t18-/m1/s1. The van der Waals surface area contributed by atoms with Crippen molar-refractivity contribution in [3.63, 3.8) is 0 Å². The van der Waals surface area contributed by atoms with Crippen LogP contribution in [0.5, 0.6) is 5.75 Å². The minimum atomic E-state index is -0.0890. The summed E-state index contributed by atoms with van der Waals surface area (Å²) in [4.78, 5) is 16.5. The summed E-state index contributed by atoms with van der Waals surface area (Å²) in [6.07, 6.45) is 0. The van der Waals surface area contributed by atoms with Crippen LogP contribution in [0.2, 0.25) is 0 Å². The molecule has 1 fully saturated rings. The normalized spacial score (nSPS) is 15.9. The molecular formula is C24H28N3O2+. The van der Waals surface area contributed by atoms with Gasteiger partial charge >= 0.3 is 0 Å². The van der Waals surface area contributed by atoms with Crippen molar-refractivity contribution >= 4 is 28.1 Å². The highest BCUT2D eigenvalue weighted by atomic mass is 16.5. The Hall–Kier alpha value is -3.05. The van der Waals surface area contributed by atoms with Crippen molar-refractivity contribution in [2.75, 3.05) is 43.5 Å². The minimum absolute atomic E-state index is 0.0742. The Labute approximate surface area is 171 Å². The summed E-state index contributed by atoms with van der Waals surface area (Å²) in [5.41, 5.74) is 2.03. The monoisotopic (exact) mass is 390 g/mol. The molecule has 3 aromatic carbocycles.